The third kappa shape index (κ3) is 2.79. The number of carbonyl (C=O) groups is 1. The van der Waals surface area contributed by atoms with Crippen LogP contribution in [0.4, 0.5) is 0 Å². The first-order valence-electron chi connectivity index (χ1n) is 10.9. The Bertz CT molecular complexity index is 608. The quantitative estimate of drug-likeness (QED) is 0.603. The molecule has 0 aromatic carbocycles. The molecule has 4 fully saturated rings. The van der Waals surface area contributed by atoms with Crippen LogP contribution >= 0.6 is 0 Å². The summed E-state index contributed by atoms with van der Waals surface area (Å²) in [6, 6.07) is 0. The molecule has 0 saturated heterocycles. The minimum atomic E-state index is -0.896. The number of carboxylic acids is 1. The fourth-order valence-corrected chi connectivity index (χ4v) is 8.11. The zero-order valence-corrected chi connectivity index (χ0v) is 16.7. The standard InChI is InChI=1S/C22H36O5/c1-20-7-3-13(23)11-17(20)18(24)12-14-15(20)4-8-21(2)16(14)5-9-22(21,27)10-6-19(25)26/h13-18,23-24,27H,3-12H2,1-2H3,(H,25,26)/t13?,14-,15+,16+,17?,18?,20-,21+,22+/m1/s1. The van der Waals surface area contributed by atoms with Crippen LogP contribution in [0.25, 0.3) is 0 Å². The van der Waals surface area contributed by atoms with Gasteiger partial charge in [-0.25, -0.2) is 0 Å². The van der Waals surface area contributed by atoms with Crippen molar-refractivity contribution < 1.29 is 25.2 Å². The maximum Gasteiger partial charge on any atom is 0.303 e. The molecular weight excluding hydrogens is 344 g/mol. The summed E-state index contributed by atoms with van der Waals surface area (Å²) >= 11 is 0. The Kier molecular flexibility index (Phi) is 4.68. The molecule has 4 saturated carbocycles. The summed E-state index contributed by atoms with van der Waals surface area (Å²) in [6.45, 7) is 4.51. The molecule has 3 unspecified atom stereocenters. The van der Waals surface area contributed by atoms with Crippen LogP contribution in [-0.2, 0) is 4.79 Å². The fourth-order valence-electron chi connectivity index (χ4n) is 8.11. The molecule has 0 aromatic rings. The number of aliphatic hydroxyl groups excluding tert-OH is 2. The number of fused-ring (bicyclic) bond motifs is 5. The van der Waals surface area contributed by atoms with Gasteiger partial charge in [-0.2, -0.15) is 0 Å². The van der Waals surface area contributed by atoms with Gasteiger partial charge in [-0.05, 0) is 92.3 Å². The first-order chi connectivity index (χ1) is 12.6. The Morgan fingerprint density at radius 3 is 2.37 bits per heavy atom. The molecule has 0 aliphatic heterocycles. The summed E-state index contributed by atoms with van der Waals surface area (Å²) < 4.78 is 0. The van der Waals surface area contributed by atoms with Crippen molar-refractivity contribution in [1.82, 2.24) is 0 Å². The van der Waals surface area contributed by atoms with E-state index in [0.29, 0.717) is 37.0 Å². The molecule has 0 bridgehead atoms. The lowest BCUT2D eigenvalue weighted by molar-refractivity contribution is -0.189. The molecule has 0 radical (unpaired) electrons. The Balaban J connectivity index is 1.61. The van der Waals surface area contributed by atoms with Crippen LogP contribution in [0, 0.1) is 34.5 Å². The third-order valence-corrected chi connectivity index (χ3v) is 9.73. The monoisotopic (exact) mass is 380 g/mol. The molecule has 4 aliphatic rings. The highest BCUT2D eigenvalue weighted by atomic mass is 16.4. The van der Waals surface area contributed by atoms with Gasteiger partial charge >= 0.3 is 5.97 Å². The van der Waals surface area contributed by atoms with E-state index in [-0.39, 0.29) is 35.4 Å². The highest BCUT2D eigenvalue weighted by Gasteiger charge is 2.65. The summed E-state index contributed by atoms with van der Waals surface area (Å²) in [6.07, 6.45) is 6.59. The molecular formula is C22H36O5. The van der Waals surface area contributed by atoms with Crippen LogP contribution in [0.15, 0.2) is 0 Å². The molecule has 4 rings (SSSR count). The molecule has 0 spiro atoms. The van der Waals surface area contributed by atoms with Crippen molar-refractivity contribution in [3.05, 3.63) is 0 Å². The van der Waals surface area contributed by atoms with Crippen molar-refractivity contribution in [3.8, 4) is 0 Å². The van der Waals surface area contributed by atoms with E-state index in [2.05, 4.69) is 13.8 Å². The largest absolute Gasteiger partial charge is 0.481 e. The molecule has 9 atom stereocenters. The van der Waals surface area contributed by atoms with Gasteiger partial charge in [-0.1, -0.05) is 13.8 Å². The van der Waals surface area contributed by atoms with Gasteiger partial charge in [0.15, 0.2) is 0 Å². The second kappa shape index (κ2) is 6.43. The molecule has 4 N–H and O–H groups in total. The molecule has 27 heavy (non-hydrogen) atoms. The number of aliphatic hydroxyl groups is 3. The van der Waals surface area contributed by atoms with Crippen molar-refractivity contribution in [2.24, 2.45) is 34.5 Å². The lowest BCUT2D eigenvalue weighted by Crippen LogP contribution is -2.60. The predicted molar refractivity (Wildman–Crippen MR) is 101 cm³/mol. The molecule has 5 heteroatoms. The van der Waals surface area contributed by atoms with Crippen LogP contribution < -0.4 is 0 Å². The van der Waals surface area contributed by atoms with Crippen molar-refractivity contribution in [3.63, 3.8) is 0 Å². The van der Waals surface area contributed by atoms with Crippen molar-refractivity contribution >= 4 is 5.97 Å². The summed E-state index contributed by atoms with van der Waals surface area (Å²) in [5, 5.41) is 41.7. The third-order valence-electron chi connectivity index (χ3n) is 9.73. The fraction of sp³-hybridized carbons (Fsp3) is 0.955. The van der Waals surface area contributed by atoms with Crippen molar-refractivity contribution in [2.75, 3.05) is 0 Å². The van der Waals surface area contributed by atoms with E-state index in [1.807, 2.05) is 0 Å². The van der Waals surface area contributed by atoms with E-state index >= 15 is 0 Å². The molecule has 5 nitrogen and oxygen atoms in total. The van der Waals surface area contributed by atoms with Gasteiger partial charge in [-0.15, -0.1) is 0 Å². The van der Waals surface area contributed by atoms with E-state index in [0.717, 1.165) is 38.5 Å². The van der Waals surface area contributed by atoms with Crippen LogP contribution in [0.3, 0.4) is 0 Å². The normalized spacial score (nSPS) is 54.7. The second-order valence-corrected chi connectivity index (χ2v) is 10.6. The van der Waals surface area contributed by atoms with E-state index in [1.54, 1.807) is 0 Å². The van der Waals surface area contributed by atoms with E-state index in [4.69, 9.17) is 5.11 Å². The van der Waals surface area contributed by atoms with E-state index < -0.39 is 11.6 Å². The van der Waals surface area contributed by atoms with Gasteiger partial charge in [0.25, 0.3) is 0 Å². The molecule has 0 heterocycles. The Labute approximate surface area is 162 Å². The van der Waals surface area contributed by atoms with Crippen molar-refractivity contribution in [2.45, 2.75) is 95.9 Å². The zero-order valence-electron chi connectivity index (χ0n) is 16.7. The smallest absolute Gasteiger partial charge is 0.303 e. The summed E-state index contributed by atoms with van der Waals surface area (Å²) in [5.41, 5.74) is -1.07. The van der Waals surface area contributed by atoms with Gasteiger partial charge < -0.3 is 20.4 Å². The highest BCUT2D eigenvalue weighted by molar-refractivity contribution is 5.66. The minimum Gasteiger partial charge on any atom is -0.481 e. The van der Waals surface area contributed by atoms with Gasteiger partial charge in [0.2, 0.25) is 0 Å². The van der Waals surface area contributed by atoms with Crippen molar-refractivity contribution in [1.29, 1.82) is 0 Å². The van der Waals surface area contributed by atoms with Gasteiger partial charge in [0.1, 0.15) is 0 Å². The van der Waals surface area contributed by atoms with E-state index in [1.165, 1.54) is 0 Å². The molecule has 0 aromatic heterocycles. The lowest BCUT2D eigenvalue weighted by Gasteiger charge is -2.62. The van der Waals surface area contributed by atoms with Gasteiger partial charge in [-0.3, -0.25) is 4.79 Å². The molecule has 4 aliphatic carbocycles. The molecule has 154 valence electrons. The number of hydrogen-bond acceptors (Lipinski definition) is 4. The second-order valence-electron chi connectivity index (χ2n) is 10.6. The lowest BCUT2D eigenvalue weighted by atomic mass is 9.43. The Morgan fingerprint density at radius 1 is 0.963 bits per heavy atom. The first-order valence-corrected chi connectivity index (χ1v) is 10.9. The molecule has 0 amide bonds. The number of rotatable bonds is 3. The van der Waals surface area contributed by atoms with Gasteiger partial charge in [0.05, 0.1) is 17.8 Å². The van der Waals surface area contributed by atoms with Crippen LogP contribution in [0.5, 0.6) is 0 Å². The maximum absolute atomic E-state index is 11.4. The average Bonchev–Trinajstić information content (AvgIpc) is 2.87. The van der Waals surface area contributed by atoms with Crippen LogP contribution in [-0.4, -0.2) is 44.2 Å². The summed E-state index contributed by atoms with van der Waals surface area (Å²) in [7, 11) is 0. The number of hydrogen-bond donors (Lipinski definition) is 4. The topological polar surface area (TPSA) is 98.0 Å². The zero-order chi connectivity index (χ0) is 19.6. The minimum absolute atomic E-state index is 0.0210. The Morgan fingerprint density at radius 2 is 1.67 bits per heavy atom. The number of aliphatic carboxylic acids is 1. The summed E-state index contributed by atoms with van der Waals surface area (Å²) in [5.74, 6) is 0.634. The van der Waals surface area contributed by atoms with Crippen LogP contribution in [0.1, 0.15) is 78.1 Å². The average molecular weight is 381 g/mol. The maximum atomic E-state index is 11.4. The summed E-state index contributed by atoms with van der Waals surface area (Å²) in [4.78, 5) is 11.1. The van der Waals surface area contributed by atoms with Crippen LogP contribution in [0.2, 0.25) is 0 Å². The van der Waals surface area contributed by atoms with Gasteiger partial charge in [0, 0.05) is 6.42 Å². The highest BCUT2D eigenvalue weighted by Crippen LogP contribution is 2.68. The van der Waals surface area contributed by atoms with E-state index in [9.17, 15) is 20.1 Å². The Hall–Kier alpha value is -0.650. The first kappa shape index (κ1) is 19.7. The predicted octanol–water partition coefficient (Wildman–Crippen LogP) is 2.96. The SMILES string of the molecule is C[C@]12CCC(O)CC1C(O)C[C@@H]1[C@@H]2CC[C@@]2(C)[C@H]1CC[C@]2(O)CCC(=O)O. The number of carboxylic acid groups (broad SMARTS) is 1.